The van der Waals surface area contributed by atoms with Gasteiger partial charge in [0.2, 0.25) is 5.91 Å². The molecule has 0 aliphatic heterocycles. The molecule has 0 saturated carbocycles. The number of rotatable bonds is 4. The number of thiazole rings is 1. The number of anilines is 3. The Bertz CT molecular complexity index is 982. The van der Waals surface area contributed by atoms with Crippen molar-refractivity contribution in [1.82, 2.24) is 9.97 Å². The third-order valence-electron chi connectivity index (χ3n) is 3.10. The first-order chi connectivity index (χ1) is 11.9. The molecule has 0 bridgehead atoms. The van der Waals surface area contributed by atoms with Crippen LogP contribution in [0.1, 0.15) is 13.8 Å². The van der Waals surface area contributed by atoms with Crippen LogP contribution in [0.15, 0.2) is 42.0 Å². The van der Waals surface area contributed by atoms with Gasteiger partial charge in [0.1, 0.15) is 22.0 Å². The summed E-state index contributed by atoms with van der Waals surface area (Å²) in [4.78, 5) is 21.1. The van der Waals surface area contributed by atoms with Gasteiger partial charge < -0.3 is 5.32 Å². The van der Waals surface area contributed by atoms with Crippen LogP contribution in [0.3, 0.4) is 0 Å². The number of aromatic nitrogens is 2. The predicted octanol–water partition coefficient (Wildman–Crippen LogP) is 5.13. The molecule has 1 aromatic carbocycles. The number of pyridine rings is 1. The summed E-state index contributed by atoms with van der Waals surface area (Å²) in [5.41, 5.74) is 1.82. The molecule has 128 valence electrons. The van der Waals surface area contributed by atoms with Crippen LogP contribution in [-0.4, -0.2) is 15.9 Å². The highest BCUT2D eigenvalue weighted by Crippen LogP contribution is 2.28. The Labute approximate surface area is 152 Å². The monoisotopic (exact) mass is 376 g/mol. The molecular weight excluding hydrogens is 363 g/mol. The van der Waals surface area contributed by atoms with Gasteiger partial charge in [-0.25, -0.2) is 14.4 Å². The first-order valence-electron chi connectivity index (χ1n) is 7.36. The molecule has 0 aliphatic rings. The zero-order chi connectivity index (χ0) is 18.0. The molecule has 2 aromatic heterocycles. The van der Waals surface area contributed by atoms with Crippen molar-refractivity contribution in [3.63, 3.8) is 0 Å². The van der Waals surface area contributed by atoms with Crippen LogP contribution in [-0.2, 0) is 4.79 Å². The fourth-order valence-corrected chi connectivity index (χ4v) is 3.07. The number of amides is 1. The molecule has 1 amide bonds. The number of fused-ring (bicyclic) bond motifs is 1. The number of nitrogens with zero attached hydrogens (tertiary/aromatic N) is 2. The maximum Gasteiger partial charge on any atom is 0.250 e. The zero-order valence-electron chi connectivity index (χ0n) is 13.4. The van der Waals surface area contributed by atoms with Crippen molar-refractivity contribution in [3.05, 3.63) is 52.8 Å². The zero-order valence-corrected chi connectivity index (χ0v) is 15.0. The normalized spacial score (nSPS) is 10.6. The minimum atomic E-state index is -0.464. The van der Waals surface area contributed by atoms with Gasteiger partial charge in [0.05, 0.1) is 5.69 Å². The quantitative estimate of drug-likeness (QED) is 0.619. The van der Waals surface area contributed by atoms with E-state index in [0.717, 1.165) is 5.57 Å². The van der Waals surface area contributed by atoms with Crippen molar-refractivity contribution in [3.8, 4) is 0 Å². The van der Waals surface area contributed by atoms with E-state index in [1.165, 1.54) is 23.5 Å². The molecule has 2 heterocycles. The van der Waals surface area contributed by atoms with E-state index in [1.807, 2.05) is 13.8 Å². The molecule has 3 aromatic rings. The molecule has 0 spiro atoms. The van der Waals surface area contributed by atoms with E-state index in [9.17, 15) is 9.18 Å². The summed E-state index contributed by atoms with van der Waals surface area (Å²) in [7, 11) is 0. The first-order valence-corrected chi connectivity index (χ1v) is 8.56. The van der Waals surface area contributed by atoms with Gasteiger partial charge in [-0.2, -0.15) is 0 Å². The molecule has 0 atom stereocenters. The minimum absolute atomic E-state index is 0.236. The van der Waals surface area contributed by atoms with E-state index in [1.54, 1.807) is 24.3 Å². The van der Waals surface area contributed by atoms with Crippen LogP contribution in [0.2, 0.25) is 5.02 Å². The van der Waals surface area contributed by atoms with Crippen LogP contribution in [0, 0.1) is 5.82 Å². The maximum absolute atomic E-state index is 13.9. The Kier molecular flexibility index (Phi) is 4.96. The van der Waals surface area contributed by atoms with Crippen molar-refractivity contribution < 1.29 is 9.18 Å². The smallest absolute Gasteiger partial charge is 0.250 e. The first kappa shape index (κ1) is 17.3. The van der Waals surface area contributed by atoms with Crippen molar-refractivity contribution in [2.75, 3.05) is 10.6 Å². The Morgan fingerprint density at radius 3 is 2.76 bits per heavy atom. The second-order valence-electron chi connectivity index (χ2n) is 5.50. The number of hydrogen-bond acceptors (Lipinski definition) is 5. The third-order valence-corrected chi connectivity index (χ3v) is 4.21. The summed E-state index contributed by atoms with van der Waals surface area (Å²) in [6.45, 7) is 3.68. The fourth-order valence-electron chi connectivity index (χ4n) is 2.07. The van der Waals surface area contributed by atoms with Gasteiger partial charge in [0.25, 0.3) is 0 Å². The second-order valence-corrected chi connectivity index (χ2v) is 6.91. The van der Waals surface area contributed by atoms with Crippen LogP contribution in [0.5, 0.6) is 0 Å². The molecule has 25 heavy (non-hydrogen) atoms. The molecule has 5 nitrogen and oxygen atoms in total. The van der Waals surface area contributed by atoms with Crippen molar-refractivity contribution in [1.29, 1.82) is 0 Å². The lowest BCUT2D eigenvalue weighted by atomic mass is 10.3. The molecule has 0 radical (unpaired) electrons. The van der Waals surface area contributed by atoms with Crippen molar-refractivity contribution in [2.24, 2.45) is 0 Å². The summed E-state index contributed by atoms with van der Waals surface area (Å²) in [5.74, 6) is -0.228. The molecular formula is C17H14ClFN4OS. The lowest BCUT2D eigenvalue weighted by Crippen LogP contribution is -2.07. The highest BCUT2D eigenvalue weighted by Gasteiger charge is 2.09. The topological polar surface area (TPSA) is 66.9 Å². The lowest BCUT2D eigenvalue weighted by molar-refractivity contribution is -0.111. The van der Waals surface area contributed by atoms with Gasteiger partial charge in [-0.1, -0.05) is 28.5 Å². The van der Waals surface area contributed by atoms with Crippen LogP contribution in [0.4, 0.5) is 21.0 Å². The highest BCUT2D eigenvalue weighted by atomic mass is 35.5. The van der Waals surface area contributed by atoms with E-state index in [0.29, 0.717) is 26.3 Å². The molecule has 0 unspecified atom stereocenters. The van der Waals surface area contributed by atoms with Crippen molar-refractivity contribution >= 4 is 55.8 Å². The summed E-state index contributed by atoms with van der Waals surface area (Å²) in [6.07, 6.45) is 1.50. The third kappa shape index (κ3) is 4.32. The van der Waals surface area contributed by atoms with E-state index < -0.39 is 5.82 Å². The summed E-state index contributed by atoms with van der Waals surface area (Å²) in [6, 6.07) is 7.81. The highest BCUT2D eigenvalue weighted by molar-refractivity contribution is 7.22. The van der Waals surface area contributed by atoms with Gasteiger partial charge in [-0.3, -0.25) is 10.1 Å². The van der Waals surface area contributed by atoms with E-state index in [4.69, 9.17) is 11.6 Å². The molecule has 3 rings (SSSR count). The average molecular weight is 377 g/mol. The van der Waals surface area contributed by atoms with Crippen molar-refractivity contribution in [2.45, 2.75) is 13.8 Å². The Balaban J connectivity index is 1.82. The Morgan fingerprint density at radius 2 is 2.04 bits per heavy atom. The molecule has 0 saturated heterocycles. The lowest BCUT2D eigenvalue weighted by Gasteiger charge is -2.06. The predicted molar refractivity (Wildman–Crippen MR) is 100 cm³/mol. The number of halogens is 2. The number of benzene rings is 1. The van der Waals surface area contributed by atoms with Gasteiger partial charge in [0, 0.05) is 11.1 Å². The Morgan fingerprint density at radius 1 is 1.24 bits per heavy atom. The number of nitrogens with one attached hydrogen (secondary N) is 2. The standard InChI is InChI=1S/C17H14ClFN4OS/c1-9(2)7-15(24)23-17-21-13-5-6-14(22-16(13)25-17)20-12-4-3-10(18)8-11(12)19/h3-8H,1-2H3,(H,20,22)(H,21,23,24). The largest absolute Gasteiger partial charge is 0.338 e. The van der Waals surface area contributed by atoms with Crippen LogP contribution < -0.4 is 10.6 Å². The minimum Gasteiger partial charge on any atom is -0.338 e. The van der Waals surface area contributed by atoms with E-state index in [-0.39, 0.29) is 11.6 Å². The Hall–Kier alpha value is -2.51. The number of allylic oxidation sites excluding steroid dienone is 1. The second kappa shape index (κ2) is 7.16. The maximum atomic E-state index is 13.9. The molecule has 0 fully saturated rings. The van der Waals surface area contributed by atoms with Gasteiger partial charge in [0.15, 0.2) is 5.13 Å². The van der Waals surface area contributed by atoms with Crippen LogP contribution >= 0.6 is 22.9 Å². The molecule has 2 N–H and O–H groups in total. The number of carbonyl (C=O) groups excluding carboxylic acids is 1. The molecule has 8 heteroatoms. The molecule has 0 aliphatic carbocycles. The van der Waals surface area contributed by atoms with Gasteiger partial charge in [-0.05, 0) is 44.2 Å². The van der Waals surface area contributed by atoms with Gasteiger partial charge in [-0.15, -0.1) is 0 Å². The van der Waals surface area contributed by atoms with Crippen LogP contribution in [0.25, 0.3) is 10.3 Å². The fraction of sp³-hybridized carbons (Fsp3) is 0.118. The van der Waals surface area contributed by atoms with E-state index in [2.05, 4.69) is 20.6 Å². The summed E-state index contributed by atoms with van der Waals surface area (Å²) in [5, 5.41) is 6.39. The number of carbonyl (C=O) groups is 1. The summed E-state index contributed by atoms with van der Waals surface area (Å²) < 4.78 is 13.9. The van der Waals surface area contributed by atoms with Gasteiger partial charge >= 0.3 is 0 Å². The van der Waals surface area contributed by atoms with E-state index >= 15 is 0 Å². The summed E-state index contributed by atoms with van der Waals surface area (Å²) >= 11 is 6.99. The SMILES string of the molecule is CC(C)=CC(=O)Nc1nc2ccc(Nc3ccc(Cl)cc3F)nc2s1. The number of hydrogen-bond donors (Lipinski definition) is 2. The average Bonchev–Trinajstić information content (AvgIpc) is 2.90.